The molecule has 316 valence electrons. The average Bonchev–Trinajstić information content (AvgIpc) is 3.85. The maximum absolute atomic E-state index is 6.29. The summed E-state index contributed by atoms with van der Waals surface area (Å²) < 4.78 is 12.6. The number of nitrogens with zero attached hydrogens (tertiary/aromatic N) is 2. The molecular formula is C63H42N2O2. The lowest BCUT2D eigenvalue weighted by Crippen LogP contribution is -2.26. The Kier molecular flexibility index (Phi) is 8.00. The molecule has 0 radical (unpaired) electrons. The zero-order valence-corrected chi connectivity index (χ0v) is 37.0. The fourth-order valence-electron chi connectivity index (χ4n) is 11.4. The van der Waals surface area contributed by atoms with Crippen molar-refractivity contribution in [1.82, 2.24) is 0 Å². The Balaban J connectivity index is 0.837. The van der Waals surface area contributed by atoms with Gasteiger partial charge >= 0.3 is 0 Å². The van der Waals surface area contributed by atoms with Crippen LogP contribution < -0.4 is 19.3 Å². The highest BCUT2D eigenvalue weighted by molar-refractivity contribution is 5.97. The fourth-order valence-corrected chi connectivity index (χ4v) is 11.4. The van der Waals surface area contributed by atoms with Gasteiger partial charge in [0.1, 0.15) is 0 Å². The minimum atomic E-state index is -0.477. The highest BCUT2D eigenvalue weighted by Gasteiger charge is 2.51. The fraction of sp³-hybridized carbons (Fsp3) is 0.0476. The van der Waals surface area contributed by atoms with Crippen LogP contribution in [0.25, 0.3) is 66.8 Å². The van der Waals surface area contributed by atoms with Gasteiger partial charge in [0.2, 0.25) is 0 Å². The second kappa shape index (κ2) is 14.2. The van der Waals surface area contributed by atoms with Gasteiger partial charge in [-0.25, -0.2) is 0 Å². The third-order valence-corrected chi connectivity index (χ3v) is 14.7. The van der Waals surface area contributed by atoms with E-state index in [1.54, 1.807) is 0 Å². The van der Waals surface area contributed by atoms with Crippen molar-refractivity contribution in [3.8, 4) is 89.8 Å². The average molecular weight is 859 g/mol. The first-order chi connectivity index (χ1) is 33.0. The molecule has 4 aliphatic rings. The van der Waals surface area contributed by atoms with Crippen LogP contribution in [0, 0.1) is 0 Å². The number of benzene rings is 10. The molecule has 0 unspecified atom stereocenters. The van der Waals surface area contributed by atoms with Crippen molar-refractivity contribution in [1.29, 1.82) is 0 Å². The van der Waals surface area contributed by atoms with E-state index in [4.69, 9.17) is 9.47 Å². The number of hydrogen-bond donors (Lipinski definition) is 0. The van der Waals surface area contributed by atoms with Gasteiger partial charge in [-0.3, -0.25) is 0 Å². The molecule has 0 amide bonds. The van der Waals surface area contributed by atoms with Crippen LogP contribution in [-0.2, 0) is 5.41 Å². The van der Waals surface area contributed by atoms with Gasteiger partial charge in [0.25, 0.3) is 0 Å². The van der Waals surface area contributed by atoms with Crippen molar-refractivity contribution in [3.05, 3.63) is 241 Å². The standard InChI is InChI=1S/C63H42N2O2/c1-64-55-15-7-9-17-59(55)66-61-33-29-45(37-57(61)64)41-23-19-39(20-24-41)43-27-31-49-50-32-28-44(36-54(50)63(53(49)35-43)51-13-5-3-11-47(51)48-12-4-6-14-52(48)63)40-21-25-42(26-22-40)46-30-34-62-58(38-46)65(2)56-16-8-10-18-60(56)67-62/h3-38H,1-2H3. The summed E-state index contributed by atoms with van der Waals surface area (Å²) in [6.45, 7) is 0. The van der Waals surface area contributed by atoms with Crippen LogP contribution in [0.15, 0.2) is 218 Å². The van der Waals surface area contributed by atoms with E-state index in [0.29, 0.717) is 0 Å². The summed E-state index contributed by atoms with van der Waals surface area (Å²) >= 11 is 0. The lowest BCUT2D eigenvalue weighted by molar-refractivity contribution is 0.475. The third-order valence-electron chi connectivity index (χ3n) is 14.7. The molecule has 0 fully saturated rings. The molecule has 4 heteroatoms. The van der Waals surface area contributed by atoms with E-state index < -0.39 is 5.41 Å². The van der Waals surface area contributed by atoms with Crippen molar-refractivity contribution in [2.24, 2.45) is 0 Å². The van der Waals surface area contributed by atoms with E-state index in [1.807, 2.05) is 24.3 Å². The summed E-state index contributed by atoms with van der Waals surface area (Å²) in [5, 5.41) is 0. The number of hydrogen-bond acceptors (Lipinski definition) is 4. The summed E-state index contributed by atoms with van der Waals surface area (Å²) in [6, 6.07) is 79.8. The Bertz CT molecular complexity index is 3440. The van der Waals surface area contributed by atoms with Gasteiger partial charge in [-0.05, 0) is 150 Å². The molecule has 0 atom stereocenters. The Morgan fingerprint density at radius 2 is 0.582 bits per heavy atom. The summed E-state index contributed by atoms with van der Waals surface area (Å²) in [7, 11) is 4.22. The molecule has 2 aliphatic carbocycles. The molecule has 4 nitrogen and oxygen atoms in total. The van der Waals surface area contributed by atoms with Crippen LogP contribution in [0.4, 0.5) is 22.7 Å². The molecule has 0 bridgehead atoms. The van der Waals surface area contributed by atoms with Crippen molar-refractivity contribution < 1.29 is 9.47 Å². The molecule has 0 N–H and O–H groups in total. The zero-order chi connectivity index (χ0) is 44.4. The molecule has 0 aromatic heterocycles. The molecule has 0 saturated carbocycles. The van der Waals surface area contributed by atoms with Gasteiger partial charge in [0.15, 0.2) is 23.0 Å². The predicted octanol–water partition coefficient (Wildman–Crippen LogP) is 16.4. The Morgan fingerprint density at radius 3 is 1.01 bits per heavy atom. The highest BCUT2D eigenvalue weighted by Crippen LogP contribution is 2.63. The summed E-state index contributed by atoms with van der Waals surface area (Å²) in [5.41, 5.74) is 23.7. The summed E-state index contributed by atoms with van der Waals surface area (Å²) in [6.07, 6.45) is 0. The van der Waals surface area contributed by atoms with E-state index >= 15 is 0 Å². The number of anilines is 4. The molecule has 14 rings (SSSR count). The number of ether oxygens (including phenoxy) is 2. The van der Waals surface area contributed by atoms with Crippen molar-refractivity contribution >= 4 is 22.7 Å². The molecule has 2 aliphatic heterocycles. The first-order valence-electron chi connectivity index (χ1n) is 23.0. The van der Waals surface area contributed by atoms with E-state index in [9.17, 15) is 0 Å². The van der Waals surface area contributed by atoms with Crippen molar-refractivity contribution in [2.75, 3.05) is 23.9 Å². The van der Waals surface area contributed by atoms with Crippen molar-refractivity contribution in [3.63, 3.8) is 0 Å². The Morgan fingerprint density at radius 1 is 0.269 bits per heavy atom. The third kappa shape index (κ3) is 5.47. The van der Waals surface area contributed by atoms with Crippen LogP contribution in [0.1, 0.15) is 22.3 Å². The molecule has 2 heterocycles. The largest absolute Gasteiger partial charge is 0.453 e. The molecule has 10 aromatic rings. The van der Waals surface area contributed by atoms with E-state index in [1.165, 1.54) is 77.9 Å². The SMILES string of the molecule is CN1c2ccccc2Oc2ccc(-c3ccc(-c4ccc5c(c4)C4(c6ccccc6-c6ccccc64)c4cc(-c6ccc(-c7ccc8c(c7)N(C)c7ccccc7O8)cc6)ccc4-5)cc3)cc21. The number of para-hydroxylation sites is 4. The molecule has 10 aromatic carbocycles. The van der Waals surface area contributed by atoms with Crippen LogP contribution in [0.5, 0.6) is 23.0 Å². The van der Waals surface area contributed by atoms with Gasteiger partial charge < -0.3 is 19.3 Å². The molecule has 1 spiro atoms. The van der Waals surface area contributed by atoms with Gasteiger partial charge in [-0.15, -0.1) is 0 Å². The quantitative estimate of drug-likeness (QED) is 0.176. The number of fused-ring (bicyclic) bond motifs is 14. The Hall–Kier alpha value is -8.60. The van der Waals surface area contributed by atoms with E-state index in [2.05, 4.69) is 218 Å². The normalized spacial score (nSPS) is 13.8. The van der Waals surface area contributed by atoms with Gasteiger partial charge in [-0.1, -0.05) is 158 Å². The minimum absolute atomic E-state index is 0.477. The Labute approximate surface area is 390 Å². The van der Waals surface area contributed by atoms with Gasteiger partial charge in [0, 0.05) is 14.1 Å². The maximum atomic E-state index is 6.29. The lowest BCUT2D eigenvalue weighted by atomic mass is 9.70. The molecule has 0 saturated heterocycles. The zero-order valence-electron chi connectivity index (χ0n) is 37.0. The van der Waals surface area contributed by atoms with Crippen LogP contribution in [-0.4, -0.2) is 14.1 Å². The summed E-state index contributed by atoms with van der Waals surface area (Å²) in [5.74, 6) is 3.49. The van der Waals surface area contributed by atoms with Crippen LogP contribution in [0.3, 0.4) is 0 Å². The lowest BCUT2D eigenvalue weighted by Gasteiger charge is -2.31. The second-order valence-corrected chi connectivity index (χ2v) is 18.1. The first kappa shape index (κ1) is 37.7. The monoisotopic (exact) mass is 858 g/mol. The highest BCUT2D eigenvalue weighted by atomic mass is 16.5. The predicted molar refractivity (Wildman–Crippen MR) is 274 cm³/mol. The number of rotatable bonds is 4. The summed E-state index contributed by atoms with van der Waals surface area (Å²) in [4.78, 5) is 4.43. The van der Waals surface area contributed by atoms with Crippen molar-refractivity contribution in [2.45, 2.75) is 5.41 Å². The molecule has 67 heavy (non-hydrogen) atoms. The maximum Gasteiger partial charge on any atom is 0.151 e. The van der Waals surface area contributed by atoms with E-state index in [0.717, 1.165) is 56.9 Å². The van der Waals surface area contributed by atoms with E-state index in [-0.39, 0.29) is 0 Å². The second-order valence-electron chi connectivity index (χ2n) is 18.1. The topological polar surface area (TPSA) is 24.9 Å². The van der Waals surface area contributed by atoms with Gasteiger partial charge in [0.05, 0.1) is 28.2 Å². The smallest absolute Gasteiger partial charge is 0.151 e. The van der Waals surface area contributed by atoms with Crippen LogP contribution >= 0.6 is 0 Å². The first-order valence-corrected chi connectivity index (χ1v) is 23.0. The molecular weight excluding hydrogens is 817 g/mol. The minimum Gasteiger partial charge on any atom is -0.453 e. The van der Waals surface area contributed by atoms with Crippen LogP contribution in [0.2, 0.25) is 0 Å². The van der Waals surface area contributed by atoms with Gasteiger partial charge in [-0.2, -0.15) is 0 Å².